The monoisotopic (exact) mass is 381 g/mol. The van der Waals surface area contributed by atoms with Crippen LogP contribution in [0.2, 0.25) is 5.15 Å². The number of hydrogen-bond donors (Lipinski definition) is 2. The number of nitrogens with zero attached hydrogens (tertiary/aromatic N) is 4. The molecule has 0 spiro atoms. The summed E-state index contributed by atoms with van der Waals surface area (Å²) in [4.78, 5) is 8.12. The summed E-state index contributed by atoms with van der Waals surface area (Å²) in [7, 11) is 0. The third-order valence-electron chi connectivity index (χ3n) is 4.23. The first-order valence-electron chi connectivity index (χ1n) is 7.94. The standard InChI is InChI=1S/C19H13ClFN5O/c20-18-17(21)14(6-7-23-18)11-2-1-3-13(8-11)26-10-24-15-9-12(19(22)25-27)4-5-16(15)26/h1-10,27H,(H2,22,25). The molecular weight excluding hydrogens is 369 g/mol. The number of rotatable bonds is 3. The minimum Gasteiger partial charge on any atom is -0.409 e. The topological polar surface area (TPSA) is 89.3 Å². The summed E-state index contributed by atoms with van der Waals surface area (Å²) in [6.45, 7) is 0. The number of pyridine rings is 1. The number of benzene rings is 2. The Kier molecular flexibility index (Phi) is 4.21. The van der Waals surface area contributed by atoms with E-state index in [9.17, 15) is 4.39 Å². The second-order valence-corrected chi connectivity index (χ2v) is 6.17. The van der Waals surface area contributed by atoms with E-state index in [1.54, 1.807) is 30.6 Å². The summed E-state index contributed by atoms with van der Waals surface area (Å²) in [5.41, 5.74) is 9.55. The highest BCUT2D eigenvalue weighted by Gasteiger charge is 2.12. The first-order valence-corrected chi connectivity index (χ1v) is 8.32. The molecule has 0 fully saturated rings. The molecular formula is C19H13ClFN5O. The molecule has 0 radical (unpaired) electrons. The first kappa shape index (κ1) is 17.0. The Labute approximate surface area is 158 Å². The van der Waals surface area contributed by atoms with E-state index in [1.807, 2.05) is 28.8 Å². The van der Waals surface area contributed by atoms with E-state index in [1.165, 1.54) is 6.20 Å². The lowest BCUT2D eigenvalue weighted by molar-refractivity contribution is 0.318. The number of halogens is 2. The van der Waals surface area contributed by atoms with Gasteiger partial charge in [-0.3, -0.25) is 4.57 Å². The second-order valence-electron chi connectivity index (χ2n) is 5.82. The average Bonchev–Trinajstić information content (AvgIpc) is 3.12. The third kappa shape index (κ3) is 2.98. The summed E-state index contributed by atoms with van der Waals surface area (Å²) in [6, 6.07) is 14.2. The lowest BCUT2D eigenvalue weighted by atomic mass is 10.1. The maximum atomic E-state index is 14.3. The average molecular weight is 382 g/mol. The van der Waals surface area contributed by atoms with Crippen LogP contribution in [0.5, 0.6) is 0 Å². The molecule has 0 saturated carbocycles. The molecule has 2 aromatic heterocycles. The van der Waals surface area contributed by atoms with Gasteiger partial charge < -0.3 is 10.9 Å². The van der Waals surface area contributed by atoms with Gasteiger partial charge in [0.25, 0.3) is 0 Å². The van der Waals surface area contributed by atoms with Gasteiger partial charge in [-0.2, -0.15) is 0 Å². The summed E-state index contributed by atoms with van der Waals surface area (Å²) in [6.07, 6.45) is 3.13. The van der Waals surface area contributed by atoms with E-state index < -0.39 is 5.82 Å². The van der Waals surface area contributed by atoms with Crippen molar-refractivity contribution >= 4 is 28.5 Å². The maximum Gasteiger partial charge on any atom is 0.170 e. The fraction of sp³-hybridized carbons (Fsp3) is 0. The zero-order chi connectivity index (χ0) is 19.0. The number of aromatic nitrogens is 3. The van der Waals surface area contributed by atoms with E-state index in [4.69, 9.17) is 22.5 Å². The molecule has 2 aromatic carbocycles. The number of imidazole rings is 1. The number of nitrogens with two attached hydrogens (primary N) is 1. The smallest absolute Gasteiger partial charge is 0.170 e. The van der Waals surface area contributed by atoms with Gasteiger partial charge in [0.15, 0.2) is 16.8 Å². The van der Waals surface area contributed by atoms with Crippen molar-refractivity contribution in [2.24, 2.45) is 10.9 Å². The van der Waals surface area contributed by atoms with E-state index in [2.05, 4.69) is 15.1 Å². The lowest BCUT2D eigenvalue weighted by Crippen LogP contribution is -2.12. The Bertz CT molecular complexity index is 1190. The minimum atomic E-state index is -0.560. The SMILES string of the molecule is N/C(=N\O)c1ccc2c(c1)ncn2-c1cccc(-c2ccnc(Cl)c2F)c1. The zero-order valence-electron chi connectivity index (χ0n) is 13.8. The van der Waals surface area contributed by atoms with Gasteiger partial charge in [0.05, 0.1) is 11.0 Å². The van der Waals surface area contributed by atoms with Gasteiger partial charge >= 0.3 is 0 Å². The fourth-order valence-electron chi connectivity index (χ4n) is 2.90. The van der Waals surface area contributed by atoms with Crippen LogP contribution in [0.4, 0.5) is 4.39 Å². The number of fused-ring (bicyclic) bond motifs is 1. The molecule has 0 amide bonds. The normalized spacial score (nSPS) is 11.9. The molecule has 0 aliphatic carbocycles. The van der Waals surface area contributed by atoms with Crippen LogP contribution in [0.15, 0.2) is 66.2 Å². The molecule has 0 atom stereocenters. The van der Waals surface area contributed by atoms with Crippen molar-refractivity contribution in [1.82, 2.24) is 14.5 Å². The molecule has 0 saturated heterocycles. The summed E-state index contributed by atoms with van der Waals surface area (Å²) >= 11 is 5.79. The molecule has 0 aliphatic heterocycles. The van der Waals surface area contributed by atoms with Crippen LogP contribution >= 0.6 is 11.6 Å². The lowest BCUT2D eigenvalue weighted by Gasteiger charge is -2.09. The van der Waals surface area contributed by atoms with Gasteiger partial charge in [-0.1, -0.05) is 28.9 Å². The molecule has 0 aliphatic rings. The molecule has 4 rings (SSSR count). The first-order chi connectivity index (χ1) is 13.1. The Morgan fingerprint density at radius 2 is 2.00 bits per heavy atom. The molecule has 3 N–H and O–H groups in total. The summed E-state index contributed by atoms with van der Waals surface area (Å²) < 4.78 is 16.2. The predicted molar refractivity (Wildman–Crippen MR) is 102 cm³/mol. The van der Waals surface area contributed by atoms with E-state index in [0.717, 1.165) is 11.2 Å². The Hall–Kier alpha value is -3.45. The van der Waals surface area contributed by atoms with Crippen molar-refractivity contribution in [1.29, 1.82) is 0 Å². The van der Waals surface area contributed by atoms with E-state index in [0.29, 0.717) is 22.2 Å². The summed E-state index contributed by atoms with van der Waals surface area (Å²) in [5, 5.41) is 11.7. The maximum absolute atomic E-state index is 14.3. The predicted octanol–water partition coefficient (Wildman–Crippen LogP) is 3.97. The summed E-state index contributed by atoms with van der Waals surface area (Å²) in [5.74, 6) is -0.547. The van der Waals surface area contributed by atoms with Crippen LogP contribution in [-0.2, 0) is 0 Å². The van der Waals surface area contributed by atoms with Gasteiger partial charge in [0, 0.05) is 23.0 Å². The highest BCUT2D eigenvalue weighted by atomic mass is 35.5. The largest absolute Gasteiger partial charge is 0.409 e. The van der Waals surface area contributed by atoms with Crippen LogP contribution in [-0.4, -0.2) is 25.6 Å². The van der Waals surface area contributed by atoms with E-state index in [-0.39, 0.29) is 11.0 Å². The van der Waals surface area contributed by atoms with Gasteiger partial charge in [-0.15, -0.1) is 0 Å². The molecule has 134 valence electrons. The van der Waals surface area contributed by atoms with Crippen LogP contribution in [0.1, 0.15) is 5.56 Å². The Balaban J connectivity index is 1.82. The molecule has 6 nitrogen and oxygen atoms in total. The van der Waals surface area contributed by atoms with Crippen LogP contribution in [0, 0.1) is 5.82 Å². The van der Waals surface area contributed by atoms with Crippen LogP contribution in [0.3, 0.4) is 0 Å². The highest BCUT2D eigenvalue weighted by Crippen LogP contribution is 2.28. The molecule has 4 aromatic rings. The van der Waals surface area contributed by atoms with Crippen molar-refractivity contribution in [3.05, 3.63) is 77.6 Å². The van der Waals surface area contributed by atoms with Crippen molar-refractivity contribution in [3.8, 4) is 16.8 Å². The van der Waals surface area contributed by atoms with Crippen molar-refractivity contribution in [2.75, 3.05) is 0 Å². The van der Waals surface area contributed by atoms with Crippen molar-refractivity contribution in [3.63, 3.8) is 0 Å². The third-order valence-corrected chi connectivity index (χ3v) is 4.50. The number of hydrogen-bond acceptors (Lipinski definition) is 4. The quantitative estimate of drug-likeness (QED) is 0.185. The molecule has 2 heterocycles. The second kappa shape index (κ2) is 6.69. The fourth-order valence-corrected chi connectivity index (χ4v) is 3.06. The zero-order valence-corrected chi connectivity index (χ0v) is 14.6. The molecule has 0 unspecified atom stereocenters. The van der Waals surface area contributed by atoms with Crippen LogP contribution in [0.25, 0.3) is 27.8 Å². The minimum absolute atomic E-state index is 0.0125. The van der Waals surface area contributed by atoms with Gasteiger partial charge in [0.1, 0.15) is 6.33 Å². The van der Waals surface area contributed by atoms with Crippen molar-refractivity contribution < 1.29 is 9.60 Å². The van der Waals surface area contributed by atoms with E-state index >= 15 is 0 Å². The van der Waals surface area contributed by atoms with Gasteiger partial charge in [0.2, 0.25) is 0 Å². The Morgan fingerprint density at radius 1 is 1.15 bits per heavy atom. The van der Waals surface area contributed by atoms with Crippen LogP contribution < -0.4 is 5.73 Å². The number of amidine groups is 1. The number of oxime groups is 1. The molecule has 8 heteroatoms. The van der Waals surface area contributed by atoms with Gasteiger partial charge in [-0.05, 0) is 42.0 Å². The highest BCUT2D eigenvalue weighted by molar-refractivity contribution is 6.29. The molecule has 27 heavy (non-hydrogen) atoms. The molecule has 0 bridgehead atoms. The van der Waals surface area contributed by atoms with Crippen molar-refractivity contribution in [2.45, 2.75) is 0 Å². The van der Waals surface area contributed by atoms with Gasteiger partial charge in [-0.25, -0.2) is 14.4 Å². The Morgan fingerprint density at radius 3 is 2.81 bits per heavy atom.